The van der Waals surface area contributed by atoms with Gasteiger partial charge in [-0.05, 0) is 37.8 Å². The fourth-order valence-corrected chi connectivity index (χ4v) is 3.11. The molecule has 0 saturated heterocycles. The van der Waals surface area contributed by atoms with Crippen molar-refractivity contribution in [3.05, 3.63) is 72.4 Å². The summed E-state index contributed by atoms with van der Waals surface area (Å²) in [5.41, 5.74) is 2.79. The van der Waals surface area contributed by atoms with Gasteiger partial charge in [-0.15, -0.1) is 48.4 Å². The van der Waals surface area contributed by atoms with Crippen molar-refractivity contribution in [2.24, 2.45) is 11.8 Å². The summed E-state index contributed by atoms with van der Waals surface area (Å²) in [4.78, 5) is 4.43. The van der Waals surface area contributed by atoms with E-state index in [1.807, 2.05) is 0 Å². The van der Waals surface area contributed by atoms with Gasteiger partial charge in [-0.1, -0.05) is 38.2 Å². The maximum atomic E-state index is 3.25. The molecule has 4 rings (SSSR count). The average molecular weight is 548 g/mol. The fraction of sp³-hybridized carbons (Fsp3) is 0.400. The van der Waals surface area contributed by atoms with E-state index in [9.17, 15) is 0 Å². The molecule has 0 bridgehead atoms. The van der Waals surface area contributed by atoms with E-state index in [1.165, 1.54) is 24.2 Å². The molecule has 0 radical (unpaired) electrons. The van der Waals surface area contributed by atoms with Gasteiger partial charge in [-0.25, -0.2) is 0 Å². The van der Waals surface area contributed by atoms with Crippen molar-refractivity contribution in [2.45, 2.75) is 26.7 Å². The molecule has 2 heterocycles. The Labute approximate surface area is 209 Å². The van der Waals surface area contributed by atoms with Gasteiger partial charge in [0.1, 0.15) is 0 Å². The Balaban J connectivity index is 0. The largest absolute Gasteiger partial charge is 0.514 e. The molecule has 2 atom stereocenters. The summed E-state index contributed by atoms with van der Waals surface area (Å²) in [6.45, 7) is 6.58. The first-order valence-electron chi connectivity index (χ1n) is 8.34. The minimum absolute atomic E-state index is 0. The first-order chi connectivity index (χ1) is 10.8. The van der Waals surface area contributed by atoms with Crippen LogP contribution in [0.4, 0.5) is 0 Å². The number of halogens is 2. The van der Waals surface area contributed by atoms with Crippen molar-refractivity contribution >= 4 is 24.8 Å². The zero-order valence-corrected chi connectivity index (χ0v) is 21.9. The number of hydrogen-bond donors (Lipinski definition) is 0. The maximum Gasteiger partial charge on any atom is 0 e. The number of rotatable bonds is 4. The third kappa shape index (κ3) is 6.77. The van der Waals surface area contributed by atoms with Crippen LogP contribution in [0.15, 0.2) is 60.0 Å². The second-order valence-electron chi connectivity index (χ2n) is 5.90. The molecule has 0 aromatic rings. The first-order valence-corrected chi connectivity index (χ1v) is 8.34. The molecule has 2 unspecified atom stereocenters. The fourth-order valence-electron chi connectivity index (χ4n) is 3.11. The van der Waals surface area contributed by atoms with Gasteiger partial charge in [-0.3, -0.25) is 0 Å². The molecule has 140 valence electrons. The predicted molar refractivity (Wildman–Crippen MR) is 106 cm³/mol. The number of nitrogens with zero attached hydrogens (tertiary/aromatic N) is 2. The smallest absolute Gasteiger partial charge is 0 e. The average Bonchev–Trinajstić information content (AvgIpc) is 3.24. The number of fused-ring (bicyclic) bond motifs is 2. The maximum absolute atomic E-state index is 3.25. The molecule has 2 aliphatic heterocycles. The Bertz CT molecular complexity index is 543. The summed E-state index contributed by atoms with van der Waals surface area (Å²) in [6.07, 6.45) is 26.1. The van der Waals surface area contributed by atoms with Crippen LogP contribution in [-0.4, -0.2) is 22.9 Å². The van der Waals surface area contributed by atoms with Gasteiger partial charge >= 0.3 is 0 Å². The Morgan fingerprint density at radius 2 is 1.15 bits per heavy atom. The van der Waals surface area contributed by atoms with E-state index >= 15 is 0 Å². The predicted octanol–water partition coefficient (Wildman–Crippen LogP) is 5.04. The Morgan fingerprint density at radius 3 is 1.50 bits per heavy atom. The van der Waals surface area contributed by atoms with E-state index in [0.29, 0.717) is 11.8 Å². The standard InChI is InChI=1S/2C10H12N.2ClH.2Zr/c2*1-2-7-11-8-6-9-4-3-5-10(9)11;;;;/h2*3-6,9H,2,7H2,1H3;2*1H;;/q2*-1;;;;. The SMILES string of the molecule is CCCN1[C-]=CC2C=CC=C21.CCCN1[C-]=CC2C=CC=C21.Cl.Cl.[Zr].[Zr]. The quantitative estimate of drug-likeness (QED) is 0.456. The normalized spacial score (nSPS) is 22.1. The van der Waals surface area contributed by atoms with Crippen LogP contribution in [0.5, 0.6) is 0 Å². The van der Waals surface area contributed by atoms with Gasteiger partial charge in [0.15, 0.2) is 0 Å². The summed E-state index contributed by atoms with van der Waals surface area (Å²) in [5, 5.41) is 0. The van der Waals surface area contributed by atoms with Crippen LogP contribution in [0.2, 0.25) is 0 Å². The van der Waals surface area contributed by atoms with E-state index in [-0.39, 0.29) is 77.2 Å². The minimum Gasteiger partial charge on any atom is -0.514 e. The van der Waals surface area contributed by atoms with Crippen LogP contribution < -0.4 is 0 Å². The van der Waals surface area contributed by atoms with E-state index < -0.39 is 0 Å². The van der Waals surface area contributed by atoms with E-state index in [4.69, 9.17) is 0 Å². The van der Waals surface area contributed by atoms with Crippen molar-refractivity contribution in [1.29, 1.82) is 0 Å². The van der Waals surface area contributed by atoms with E-state index in [1.54, 1.807) is 0 Å². The van der Waals surface area contributed by atoms with Crippen LogP contribution in [0.25, 0.3) is 0 Å². The van der Waals surface area contributed by atoms with Gasteiger partial charge in [-0.2, -0.15) is 24.6 Å². The van der Waals surface area contributed by atoms with Gasteiger partial charge in [0, 0.05) is 52.4 Å². The second kappa shape index (κ2) is 14.4. The van der Waals surface area contributed by atoms with Gasteiger partial charge in [0.05, 0.1) is 0 Å². The Morgan fingerprint density at radius 1 is 0.769 bits per heavy atom. The van der Waals surface area contributed by atoms with E-state index in [0.717, 1.165) is 13.1 Å². The van der Waals surface area contributed by atoms with Crippen LogP contribution in [0, 0.1) is 24.2 Å². The molecule has 0 N–H and O–H groups in total. The zero-order chi connectivity index (χ0) is 15.4. The molecule has 2 nitrogen and oxygen atoms in total. The monoisotopic (exact) mass is 544 g/mol. The van der Waals surface area contributed by atoms with E-state index in [2.05, 4.69) is 84.7 Å². The molecular weight excluding hydrogens is 522 g/mol. The van der Waals surface area contributed by atoms with Crippen molar-refractivity contribution in [1.82, 2.24) is 9.80 Å². The van der Waals surface area contributed by atoms with Gasteiger partial charge in [0.2, 0.25) is 0 Å². The topological polar surface area (TPSA) is 6.48 Å². The summed E-state index contributed by atoms with van der Waals surface area (Å²) < 4.78 is 0. The van der Waals surface area contributed by atoms with Crippen LogP contribution in [-0.2, 0) is 52.4 Å². The first kappa shape index (κ1) is 28.6. The van der Waals surface area contributed by atoms with Crippen LogP contribution in [0.3, 0.4) is 0 Å². The molecule has 26 heavy (non-hydrogen) atoms. The molecule has 0 aromatic heterocycles. The molecule has 0 aromatic carbocycles. The van der Waals surface area contributed by atoms with Crippen molar-refractivity contribution in [3.8, 4) is 0 Å². The molecule has 0 spiro atoms. The van der Waals surface area contributed by atoms with Crippen molar-refractivity contribution < 1.29 is 52.4 Å². The Hall–Kier alpha value is 0.386. The molecule has 2 aliphatic carbocycles. The van der Waals surface area contributed by atoms with Crippen molar-refractivity contribution in [2.75, 3.05) is 13.1 Å². The summed E-state index contributed by atoms with van der Waals surface area (Å²) in [6, 6.07) is 0. The Kier molecular flexibility index (Phi) is 15.8. The van der Waals surface area contributed by atoms with Crippen LogP contribution in [0.1, 0.15) is 26.7 Å². The molecule has 6 heteroatoms. The third-order valence-electron chi connectivity index (χ3n) is 4.19. The molecule has 0 amide bonds. The van der Waals surface area contributed by atoms with Crippen molar-refractivity contribution in [3.63, 3.8) is 0 Å². The number of allylic oxidation sites excluding steroid dienone is 6. The minimum atomic E-state index is 0. The van der Waals surface area contributed by atoms with Gasteiger partial charge in [0.25, 0.3) is 0 Å². The molecule has 4 aliphatic rings. The molecule has 0 fully saturated rings. The summed E-state index contributed by atoms with van der Waals surface area (Å²) >= 11 is 0. The summed E-state index contributed by atoms with van der Waals surface area (Å²) in [5.74, 6) is 1.06. The zero-order valence-electron chi connectivity index (χ0n) is 15.3. The molecule has 0 saturated carbocycles. The number of hydrogen-bond acceptors (Lipinski definition) is 2. The summed E-state index contributed by atoms with van der Waals surface area (Å²) in [7, 11) is 0. The molecular formula is C20H26Cl2N2Zr2-2. The van der Waals surface area contributed by atoms with Crippen LogP contribution >= 0.6 is 24.8 Å². The third-order valence-corrected chi connectivity index (χ3v) is 4.19. The second-order valence-corrected chi connectivity index (χ2v) is 5.90. The van der Waals surface area contributed by atoms with Gasteiger partial charge < -0.3 is 9.80 Å².